The molecule has 2 heterocycles. The van der Waals surface area contributed by atoms with E-state index < -0.39 is 5.95 Å². The van der Waals surface area contributed by atoms with Gasteiger partial charge in [0.25, 0.3) is 0 Å². The van der Waals surface area contributed by atoms with Crippen LogP contribution < -0.4 is 4.90 Å². The van der Waals surface area contributed by atoms with Gasteiger partial charge in [-0.05, 0) is 24.6 Å². The summed E-state index contributed by atoms with van der Waals surface area (Å²) in [4.78, 5) is 13.4. The molecule has 0 bridgehead atoms. The molecule has 0 aliphatic rings. The highest BCUT2D eigenvalue weighted by molar-refractivity contribution is 5.37. The second kappa shape index (κ2) is 5.34. The Morgan fingerprint density at radius 2 is 2.00 bits per heavy atom. The smallest absolute Gasteiger partial charge is 0.218 e. The highest BCUT2D eigenvalue weighted by Crippen LogP contribution is 2.13. The summed E-state index contributed by atoms with van der Waals surface area (Å²) < 4.78 is 13.0. The molecule has 2 aromatic rings. The zero-order valence-electron chi connectivity index (χ0n) is 9.55. The summed E-state index contributed by atoms with van der Waals surface area (Å²) in [5.74, 6) is 0.0833. The van der Waals surface area contributed by atoms with Crippen molar-refractivity contribution in [2.45, 2.75) is 13.5 Å². The molecule has 0 amide bonds. The predicted molar refractivity (Wildman–Crippen MR) is 63.0 cm³/mol. The van der Waals surface area contributed by atoms with E-state index in [9.17, 15) is 4.39 Å². The number of aromatic nitrogens is 3. The lowest BCUT2D eigenvalue weighted by Crippen LogP contribution is -2.23. The lowest BCUT2D eigenvalue weighted by atomic mass is 10.2. The molecule has 0 aliphatic carbocycles. The number of nitrogens with zero attached hydrogens (tertiary/aromatic N) is 4. The van der Waals surface area contributed by atoms with E-state index in [1.54, 1.807) is 12.4 Å². The molecule has 0 N–H and O–H groups in total. The standard InChI is InChI=1S/C12H13FN4/c1-2-17(8-10-3-5-14-6-4-10)12-7-11(13)15-9-16-12/h3-7,9H,2,8H2,1H3. The molecule has 2 rings (SSSR count). The lowest BCUT2D eigenvalue weighted by molar-refractivity contribution is 0.577. The second-order valence-corrected chi connectivity index (χ2v) is 3.57. The lowest BCUT2D eigenvalue weighted by Gasteiger charge is -2.21. The van der Waals surface area contributed by atoms with Crippen molar-refractivity contribution >= 4 is 5.82 Å². The van der Waals surface area contributed by atoms with E-state index in [0.717, 1.165) is 12.1 Å². The van der Waals surface area contributed by atoms with Gasteiger partial charge in [0.05, 0.1) is 0 Å². The van der Waals surface area contributed by atoms with E-state index >= 15 is 0 Å². The van der Waals surface area contributed by atoms with Crippen LogP contribution >= 0.6 is 0 Å². The van der Waals surface area contributed by atoms with Gasteiger partial charge in [-0.3, -0.25) is 4.98 Å². The average Bonchev–Trinajstić information content (AvgIpc) is 2.37. The van der Waals surface area contributed by atoms with Gasteiger partial charge in [0, 0.05) is 31.5 Å². The van der Waals surface area contributed by atoms with Crippen molar-refractivity contribution in [1.29, 1.82) is 0 Å². The van der Waals surface area contributed by atoms with Gasteiger partial charge in [-0.15, -0.1) is 0 Å². The molecule has 0 radical (unpaired) electrons. The van der Waals surface area contributed by atoms with Crippen LogP contribution in [0.1, 0.15) is 12.5 Å². The van der Waals surface area contributed by atoms with Crippen LogP contribution in [0.15, 0.2) is 36.9 Å². The van der Waals surface area contributed by atoms with Crippen molar-refractivity contribution in [1.82, 2.24) is 15.0 Å². The first-order valence-electron chi connectivity index (χ1n) is 5.41. The van der Waals surface area contributed by atoms with Crippen molar-refractivity contribution in [3.05, 3.63) is 48.4 Å². The van der Waals surface area contributed by atoms with Crippen molar-refractivity contribution in [2.75, 3.05) is 11.4 Å². The Bertz CT molecular complexity index is 475. The van der Waals surface area contributed by atoms with Crippen LogP contribution in [0.5, 0.6) is 0 Å². The van der Waals surface area contributed by atoms with Crippen LogP contribution in [-0.2, 0) is 6.54 Å². The molecule has 0 saturated carbocycles. The Labute approximate surface area is 99.2 Å². The zero-order chi connectivity index (χ0) is 12.1. The van der Waals surface area contributed by atoms with Crippen LogP contribution in [0, 0.1) is 5.95 Å². The summed E-state index contributed by atoms with van der Waals surface area (Å²) in [7, 11) is 0. The number of rotatable bonds is 4. The van der Waals surface area contributed by atoms with Crippen molar-refractivity contribution in [2.24, 2.45) is 0 Å². The van der Waals surface area contributed by atoms with E-state index in [1.165, 1.54) is 12.4 Å². The summed E-state index contributed by atoms with van der Waals surface area (Å²) in [6.07, 6.45) is 4.72. The summed E-state index contributed by atoms with van der Waals surface area (Å²) in [5, 5.41) is 0. The van der Waals surface area contributed by atoms with Gasteiger partial charge in [-0.25, -0.2) is 9.97 Å². The summed E-state index contributed by atoms with van der Waals surface area (Å²) >= 11 is 0. The first kappa shape index (κ1) is 11.4. The number of pyridine rings is 1. The fourth-order valence-corrected chi connectivity index (χ4v) is 1.56. The van der Waals surface area contributed by atoms with Crippen molar-refractivity contribution < 1.29 is 4.39 Å². The molecule has 0 fully saturated rings. The number of hydrogen-bond donors (Lipinski definition) is 0. The van der Waals surface area contributed by atoms with E-state index in [2.05, 4.69) is 15.0 Å². The van der Waals surface area contributed by atoms with Crippen LogP contribution in [0.3, 0.4) is 0 Å². The topological polar surface area (TPSA) is 41.9 Å². The number of halogens is 1. The van der Waals surface area contributed by atoms with Gasteiger partial charge < -0.3 is 4.90 Å². The Hall–Kier alpha value is -2.04. The summed E-state index contributed by atoms with van der Waals surface area (Å²) in [5.41, 5.74) is 1.11. The molecule has 0 aromatic carbocycles. The van der Waals surface area contributed by atoms with Gasteiger partial charge in [0.1, 0.15) is 12.1 Å². The third kappa shape index (κ3) is 2.96. The molecule has 0 aliphatic heterocycles. The molecular formula is C12H13FN4. The van der Waals surface area contributed by atoms with E-state index in [1.807, 2.05) is 24.0 Å². The van der Waals surface area contributed by atoms with Crippen molar-refractivity contribution in [3.63, 3.8) is 0 Å². The van der Waals surface area contributed by atoms with E-state index in [0.29, 0.717) is 12.4 Å². The molecule has 17 heavy (non-hydrogen) atoms. The van der Waals surface area contributed by atoms with Crippen LogP contribution in [0.4, 0.5) is 10.2 Å². The zero-order valence-corrected chi connectivity index (χ0v) is 9.55. The monoisotopic (exact) mass is 232 g/mol. The van der Waals surface area contributed by atoms with Gasteiger partial charge in [-0.2, -0.15) is 4.39 Å². The van der Waals surface area contributed by atoms with Crippen LogP contribution in [0.2, 0.25) is 0 Å². The molecule has 4 nitrogen and oxygen atoms in total. The molecule has 2 aromatic heterocycles. The SMILES string of the molecule is CCN(Cc1ccncc1)c1cc(F)ncn1. The number of hydrogen-bond acceptors (Lipinski definition) is 4. The van der Waals surface area contributed by atoms with Gasteiger partial charge in [-0.1, -0.05) is 0 Å². The maximum atomic E-state index is 13.0. The maximum Gasteiger partial charge on any atom is 0.218 e. The Morgan fingerprint density at radius 1 is 1.24 bits per heavy atom. The summed E-state index contributed by atoms with van der Waals surface area (Å²) in [6.45, 7) is 3.43. The fourth-order valence-electron chi connectivity index (χ4n) is 1.56. The molecule has 88 valence electrons. The summed E-state index contributed by atoms with van der Waals surface area (Å²) in [6, 6.07) is 5.20. The Kier molecular flexibility index (Phi) is 3.59. The fraction of sp³-hybridized carbons (Fsp3) is 0.250. The third-order valence-corrected chi connectivity index (χ3v) is 2.45. The quantitative estimate of drug-likeness (QED) is 0.756. The van der Waals surface area contributed by atoms with E-state index in [-0.39, 0.29) is 0 Å². The first-order valence-corrected chi connectivity index (χ1v) is 5.41. The van der Waals surface area contributed by atoms with Crippen molar-refractivity contribution in [3.8, 4) is 0 Å². The predicted octanol–water partition coefficient (Wildman–Crippen LogP) is 2.04. The molecule has 5 heteroatoms. The van der Waals surface area contributed by atoms with Gasteiger partial charge >= 0.3 is 0 Å². The van der Waals surface area contributed by atoms with Crippen LogP contribution in [-0.4, -0.2) is 21.5 Å². The molecule has 0 atom stereocenters. The molecule has 0 saturated heterocycles. The third-order valence-electron chi connectivity index (χ3n) is 2.45. The first-order chi connectivity index (χ1) is 8.29. The molecular weight excluding hydrogens is 219 g/mol. The number of anilines is 1. The van der Waals surface area contributed by atoms with E-state index in [4.69, 9.17) is 0 Å². The average molecular weight is 232 g/mol. The minimum absolute atomic E-state index is 0.511. The molecule has 0 unspecified atom stereocenters. The minimum atomic E-state index is -0.511. The maximum absolute atomic E-state index is 13.0. The van der Waals surface area contributed by atoms with Gasteiger partial charge in [0.15, 0.2) is 0 Å². The largest absolute Gasteiger partial charge is 0.352 e. The second-order valence-electron chi connectivity index (χ2n) is 3.57. The van der Waals surface area contributed by atoms with Crippen LogP contribution in [0.25, 0.3) is 0 Å². The molecule has 0 spiro atoms. The highest BCUT2D eigenvalue weighted by atomic mass is 19.1. The Balaban J connectivity index is 2.17. The Morgan fingerprint density at radius 3 is 2.65 bits per heavy atom. The highest BCUT2D eigenvalue weighted by Gasteiger charge is 2.07. The van der Waals surface area contributed by atoms with Gasteiger partial charge in [0.2, 0.25) is 5.95 Å². The normalized spacial score (nSPS) is 10.2. The minimum Gasteiger partial charge on any atom is -0.352 e.